The number of aliphatic hydroxyl groups excluding tert-OH is 1. The molecule has 4 N–H and O–H groups in total. The van der Waals surface area contributed by atoms with Crippen molar-refractivity contribution in [2.45, 2.75) is 52.9 Å². The van der Waals surface area contributed by atoms with Crippen LogP contribution in [0.3, 0.4) is 0 Å². The van der Waals surface area contributed by atoms with E-state index in [1.165, 1.54) is 0 Å². The van der Waals surface area contributed by atoms with Gasteiger partial charge in [0.25, 0.3) is 0 Å². The van der Waals surface area contributed by atoms with Crippen LogP contribution in [0.1, 0.15) is 50.9 Å². The Balaban J connectivity index is 2.74. The summed E-state index contributed by atoms with van der Waals surface area (Å²) in [5.41, 5.74) is 6.85. The van der Waals surface area contributed by atoms with E-state index in [0.717, 1.165) is 55.9 Å². The molecule has 0 saturated carbocycles. The van der Waals surface area contributed by atoms with Crippen LogP contribution in [0.5, 0.6) is 0 Å². The van der Waals surface area contributed by atoms with Crippen LogP contribution in [-0.2, 0) is 6.42 Å². The minimum absolute atomic E-state index is 0.234. The van der Waals surface area contributed by atoms with Gasteiger partial charge in [0.05, 0.1) is 0 Å². The Morgan fingerprint density at radius 3 is 2.55 bits per heavy atom. The van der Waals surface area contributed by atoms with Crippen molar-refractivity contribution >= 4 is 11.6 Å². The number of aliphatic hydroxyl groups is 1. The molecule has 5 nitrogen and oxygen atoms in total. The number of aryl methyl sites for hydroxylation is 1. The van der Waals surface area contributed by atoms with Crippen LogP contribution in [0.2, 0.25) is 0 Å². The lowest BCUT2D eigenvalue weighted by Crippen LogP contribution is -2.18. The summed E-state index contributed by atoms with van der Waals surface area (Å²) in [5, 5.41) is 12.5. The number of nitrogens with two attached hydrogens (primary N) is 1. The molecule has 0 fully saturated rings. The molecule has 1 aromatic heterocycles. The van der Waals surface area contributed by atoms with Crippen LogP contribution >= 0.6 is 0 Å². The van der Waals surface area contributed by atoms with Crippen molar-refractivity contribution < 1.29 is 5.11 Å². The molecule has 0 saturated heterocycles. The summed E-state index contributed by atoms with van der Waals surface area (Å²) in [6.45, 7) is 7.26. The maximum atomic E-state index is 9.10. The maximum absolute atomic E-state index is 9.10. The Morgan fingerprint density at radius 1 is 1.20 bits per heavy atom. The number of nitrogens with one attached hydrogen (secondary N) is 1. The smallest absolute Gasteiger partial charge is 0.134 e. The Morgan fingerprint density at radius 2 is 1.95 bits per heavy atom. The molecule has 0 aromatic carbocycles. The van der Waals surface area contributed by atoms with Gasteiger partial charge in [-0.05, 0) is 32.1 Å². The first-order chi connectivity index (χ1) is 9.62. The molecule has 1 atom stereocenters. The lowest BCUT2D eigenvalue weighted by Gasteiger charge is -2.18. The average Bonchev–Trinajstić information content (AvgIpc) is 2.41. The molecule has 1 unspecified atom stereocenters. The molecule has 1 heterocycles. The van der Waals surface area contributed by atoms with Gasteiger partial charge in [-0.1, -0.05) is 20.3 Å². The number of rotatable bonds is 9. The van der Waals surface area contributed by atoms with Gasteiger partial charge in [-0.2, -0.15) is 0 Å². The summed E-state index contributed by atoms with van der Waals surface area (Å²) in [4.78, 5) is 8.86. The van der Waals surface area contributed by atoms with Crippen molar-refractivity contribution in [2.75, 3.05) is 24.2 Å². The molecule has 0 bridgehead atoms. The normalized spacial score (nSPS) is 12.4. The lowest BCUT2D eigenvalue weighted by molar-refractivity contribution is 0.255. The zero-order valence-corrected chi connectivity index (χ0v) is 12.9. The Bertz CT molecular complexity index is 403. The second-order valence-corrected chi connectivity index (χ2v) is 5.30. The summed E-state index contributed by atoms with van der Waals surface area (Å²) >= 11 is 0. The van der Waals surface area contributed by atoms with E-state index in [1.54, 1.807) is 0 Å². The number of hydrogen-bond donors (Lipinski definition) is 3. The first-order valence-corrected chi connectivity index (χ1v) is 7.60. The van der Waals surface area contributed by atoms with E-state index < -0.39 is 0 Å². The highest BCUT2D eigenvalue weighted by Gasteiger charge is 2.11. The fourth-order valence-electron chi connectivity index (χ4n) is 2.27. The van der Waals surface area contributed by atoms with Crippen LogP contribution < -0.4 is 11.1 Å². The predicted octanol–water partition coefficient (Wildman–Crippen LogP) is 2.53. The van der Waals surface area contributed by atoms with Gasteiger partial charge in [0.2, 0.25) is 0 Å². The standard InChI is InChI=1S/C15H28N4O/c1-4-6-12(8-9-20)10-17-15-11(3)14(16)18-13(19-15)7-5-2/h12,20H,4-10H2,1-3H3,(H3,16,17,18,19). The summed E-state index contributed by atoms with van der Waals surface area (Å²) in [6, 6.07) is 0. The number of nitrogen functional groups attached to an aromatic ring is 1. The molecule has 5 heteroatoms. The van der Waals surface area contributed by atoms with E-state index in [1.807, 2.05) is 6.92 Å². The second-order valence-electron chi connectivity index (χ2n) is 5.30. The first kappa shape index (κ1) is 16.7. The Kier molecular flexibility index (Phi) is 7.30. The number of nitrogens with zero attached hydrogens (tertiary/aromatic N) is 2. The van der Waals surface area contributed by atoms with Gasteiger partial charge in [0.1, 0.15) is 17.5 Å². The van der Waals surface area contributed by atoms with E-state index in [2.05, 4.69) is 29.1 Å². The number of anilines is 2. The molecule has 0 spiro atoms. The van der Waals surface area contributed by atoms with Crippen LogP contribution in [0, 0.1) is 12.8 Å². The van der Waals surface area contributed by atoms with Crippen molar-refractivity contribution in [3.63, 3.8) is 0 Å². The molecule has 114 valence electrons. The maximum Gasteiger partial charge on any atom is 0.134 e. The van der Waals surface area contributed by atoms with Crippen molar-refractivity contribution in [3.05, 3.63) is 11.4 Å². The largest absolute Gasteiger partial charge is 0.396 e. The minimum Gasteiger partial charge on any atom is -0.396 e. The molecular weight excluding hydrogens is 252 g/mol. The summed E-state index contributed by atoms with van der Waals surface area (Å²) in [6.07, 6.45) is 4.90. The molecule has 0 aliphatic heterocycles. The topological polar surface area (TPSA) is 84.1 Å². The van der Waals surface area contributed by atoms with Gasteiger partial charge >= 0.3 is 0 Å². The molecule has 20 heavy (non-hydrogen) atoms. The van der Waals surface area contributed by atoms with Crippen LogP contribution in [-0.4, -0.2) is 28.2 Å². The van der Waals surface area contributed by atoms with E-state index >= 15 is 0 Å². The van der Waals surface area contributed by atoms with Gasteiger partial charge in [0, 0.05) is 25.1 Å². The van der Waals surface area contributed by atoms with E-state index in [-0.39, 0.29) is 6.61 Å². The third kappa shape index (κ3) is 4.96. The molecule has 0 radical (unpaired) electrons. The zero-order valence-electron chi connectivity index (χ0n) is 12.9. The molecule has 0 aliphatic rings. The zero-order chi connectivity index (χ0) is 15.0. The molecule has 0 amide bonds. The van der Waals surface area contributed by atoms with Crippen LogP contribution in [0.4, 0.5) is 11.6 Å². The van der Waals surface area contributed by atoms with Gasteiger partial charge in [-0.15, -0.1) is 0 Å². The van der Waals surface area contributed by atoms with Crippen LogP contribution in [0.15, 0.2) is 0 Å². The fourth-order valence-corrected chi connectivity index (χ4v) is 2.27. The van der Waals surface area contributed by atoms with Gasteiger partial charge < -0.3 is 16.2 Å². The van der Waals surface area contributed by atoms with Gasteiger partial charge in [-0.3, -0.25) is 0 Å². The summed E-state index contributed by atoms with van der Waals surface area (Å²) < 4.78 is 0. The average molecular weight is 280 g/mol. The minimum atomic E-state index is 0.234. The van der Waals surface area contributed by atoms with E-state index in [0.29, 0.717) is 11.7 Å². The monoisotopic (exact) mass is 280 g/mol. The lowest BCUT2D eigenvalue weighted by atomic mass is 10.0. The second kappa shape index (κ2) is 8.74. The summed E-state index contributed by atoms with van der Waals surface area (Å²) in [5.74, 6) is 2.66. The third-order valence-corrected chi connectivity index (χ3v) is 3.50. The molecule has 1 rings (SSSR count). The third-order valence-electron chi connectivity index (χ3n) is 3.50. The van der Waals surface area contributed by atoms with Gasteiger partial charge in [0.15, 0.2) is 0 Å². The molecular formula is C15H28N4O. The van der Waals surface area contributed by atoms with Crippen molar-refractivity contribution in [1.29, 1.82) is 0 Å². The highest BCUT2D eigenvalue weighted by Crippen LogP contribution is 2.19. The first-order valence-electron chi connectivity index (χ1n) is 7.60. The SMILES string of the molecule is CCCc1nc(N)c(C)c(NCC(CCC)CCO)n1. The molecule has 1 aromatic rings. The Labute approximate surface area is 122 Å². The van der Waals surface area contributed by atoms with Crippen molar-refractivity contribution in [2.24, 2.45) is 5.92 Å². The molecule has 0 aliphatic carbocycles. The highest BCUT2D eigenvalue weighted by molar-refractivity contribution is 5.54. The fraction of sp³-hybridized carbons (Fsp3) is 0.733. The number of aromatic nitrogens is 2. The quantitative estimate of drug-likeness (QED) is 0.647. The van der Waals surface area contributed by atoms with Crippen molar-refractivity contribution in [1.82, 2.24) is 9.97 Å². The predicted molar refractivity (Wildman–Crippen MR) is 83.8 cm³/mol. The highest BCUT2D eigenvalue weighted by atomic mass is 16.3. The van der Waals surface area contributed by atoms with Gasteiger partial charge in [-0.25, -0.2) is 9.97 Å². The van der Waals surface area contributed by atoms with Crippen LogP contribution in [0.25, 0.3) is 0 Å². The van der Waals surface area contributed by atoms with E-state index in [9.17, 15) is 0 Å². The van der Waals surface area contributed by atoms with Crippen molar-refractivity contribution in [3.8, 4) is 0 Å². The number of hydrogen-bond acceptors (Lipinski definition) is 5. The summed E-state index contributed by atoms with van der Waals surface area (Å²) in [7, 11) is 0. The van der Waals surface area contributed by atoms with E-state index in [4.69, 9.17) is 10.8 Å². The Hall–Kier alpha value is -1.36.